The summed E-state index contributed by atoms with van der Waals surface area (Å²) in [4.78, 5) is 33.7. The Bertz CT molecular complexity index is 514. The molecule has 0 aromatic heterocycles. The number of aliphatic carboxylic acids is 1. The van der Waals surface area contributed by atoms with Crippen LogP contribution in [0.3, 0.4) is 0 Å². The van der Waals surface area contributed by atoms with Crippen LogP contribution in [0, 0.1) is 17.2 Å². The number of nitriles is 1. The first-order chi connectivity index (χ1) is 7.97. The second-order valence-electron chi connectivity index (χ2n) is 3.44. The third kappa shape index (κ3) is 2.75. The van der Waals surface area contributed by atoms with Crippen LogP contribution < -0.4 is 0 Å². The van der Waals surface area contributed by atoms with E-state index < -0.39 is 23.5 Å². The fraction of sp³-hybridized carbons (Fsp3) is 0.167. The predicted octanol–water partition coefficient (Wildman–Crippen LogP) is 1.03. The first kappa shape index (κ1) is 12.6. The highest BCUT2D eigenvalue weighted by molar-refractivity contribution is 6.21. The number of hydrogen-bond donors (Lipinski definition) is 1. The van der Waals surface area contributed by atoms with Crippen molar-refractivity contribution in [3.05, 3.63) is 35.4 Å². The zero-order valence-electron chi connectivity index (χ0n) is 9.01. The lowest BCUT2D eigenvalue weighted by Crippen LogP contribution is -2.30. The van der Waals surface area contributed by atoms with E-state index in [1.807, 2.05) is 6.07 Å². The Morgan fingerprint density at radius 1 is 1.35 bits per heavy atom. The first-order valence-corrected chi connectivity index (χ1v) is 4.75. The maximum absolute atomic E-state index is 11.8. The Morgan fingerprint density at radius 2 is 2.00 bits per heavy atom. The largest absolute Gasteiger partial charge is 0.480 e. The minimum Gasteiger partial charge on any atom is -0.480 e. The van der Waals surface area contributed by atoms with E-state index in [-0.39, 0.29) is 11.1 Å². The van der Waals surface area contributed by atoms with Gasteiger partial charge in [0.25, 0.3) is 0 Å². The van der Waals surface area contributed by atoms with Gasteiger partial charge in [0.2, 0.25) is 0 Å². The summed E-state index contributed by atoms with van der Waals surface area (Å²) in [5, 5.41) is 17.5. The molecule has 0 aliphatic rings. The van der Waals surface area contributed by atoms with Crippen LogP contribution in [0.5, 0.6) is 0 Å². The molecule has 1 unspecified atom stereocenters. The van der Waals surface area contributed by atoms with Gasteiger partial charge in [-0.1, -0.05) is 12.1 Å². The second kappa shape index (κ2) is 5.03. The summed E-state index contributed by atoms with van der Waals surface area (Å²) in [5.41, 5.74) is 0.287. The molecule has 5 nitrogen and oxygen atoms in total. The minimum absolute atomic E-state index is 0.0478. The molecule has 86 valence electrons. The first-order valence-electron chi connectivity index (χ1n) is 4.75. The van der Waals surface area contributed by atoms with Crippen LogP contribution in [0.15, 0.2) is 24.3 Å². The molecule has 5 heteroatoms. The molecule has 0 saturated carbocycles. The summed E-state index contributed by atoms with van der Waals surface area (Å²) in [6.07, 6.45) is 0. The monoisotopic (exact) mass is 231 g/mol. The van der Waals surface area contributed by atoms with Crippen molar-refractivity contribution in [3.8, 4) is 6.07 Å². The van der Waals surface area contributed by atoms with E-state index in [1.54, 1.807) is 0 Å². The lowest BCUT2D eigenvalue weighted by atomic mass is 9.94. The molecule has 0 radical (unpaired) electrons. The van der Waals surface area contributed by atoms with E-state index in [1.165, 1.54) is 24.3 Å². The van der Waals surface area contributed by atoms with E-state index in [0.717, 1.165) is 6.92 Å². The van der Waals surface area contributed by atoms with E-state index in [0.29, 0.717) is 0 Å². The van der Waals surface area contributed by atoms with E-state index in [2.05, 4.69) is 0 Å². The van der Waals surface area contributed by atoms with E-state index >= 15 is 0 Å². The van der Waals surface area contributed by atoms with Gasteiger partial charge in [-0.25, -0.2) is 0 Å². The highest BCUT2D eigenvalue weighted by Crippen LogP contribution is 2.12. The molecule has 1 N–H and O–H groups in total. The van der Waals surface area contributed by atoms with Crippen LogP contribution >= 0.6 is 0 Å². The lowest BCUT2D eigenvalue weighted by molar-refractivity contribution is -0.143. The highest BCUT2D eigenvalue weighted by atomic mass is 16.4. The molecule has 0 amide bonds. The molecule has 0 spiro atoms. The number of carbonyl (C=O) groups is 3. The standard InChI is InChI=1S/C12H9NO4/c1-7(14)10(12(16)17)11(15)9-4-2-3-8(5-9)6-13/h2-5,10H,1H3,(H,16,17). The molecular formula is C12H9NO4. The molecule has 1 atom stereocenters. The van der Waals surface area contributed by atoms with Crippen molar-refractivity contribution in [3.63, 3.8) is 0 Å². The van der Waals surface area contributed by atoms with Crippen LogP contribution in [0.2, 0.25) is 0 Å². The third-order valence-electron chi connectivity index (χ3n) is 2.19. The number of benzene rings is 1. The lowest BCUT2D eigenvalue weighted by Gasteiger charge is -2.07. The fourth-order valence-electron chi connectivity index (χ4n) is 1.38. The van der Waals surface area contributed by atoms with Gasteiger partial charge in [-0.3, -0.25) is 14.4 Å². The average molecular weight is 231 g/mol. The Kier molecular flexibility index (Phi) is 3.73. The van der Waals surface area contributed by atoms with Crippen LogP contribution in [0.1, 0.15) is 22.8 Å². The molecule has 1 aromatic rings. The number of rotatable bonds is 4. The summed E-state index contributed by atoms with van der Waals surface area (Å²) in [5.74, 6) is -4.72. The van der Waals surface area contributed by atoms with Crippen molar-refractivity contribution < 1.29 is 19.5 Å². The van der Waals surface area contributed by atoms with Crippen molar-refractivity contribution in [1.82, 2.24) is 0 Å². The SMILES string of the molecule is CC(=O)C(C(=O)O)C(=O)c1cccc(C#N)c1. The molecule has 0 aliphatic carbocycles. The van der Waals surface area contributed by atoms with E-state index in [9.17, 15) is 14.4 Å². The Balaban J connectivity index is 3.15. The third-order valence-corrected chi connectivity index (χ3v) is 2.19. The number of Topliss-reactive ketones (excluding diaryl/α,β-unsaturated/α-hetero) is 2. The molecule has 0 fully saturated rings. The topological polar surface area (TPSA) is 95.2 Å². The van der Waals surface area contributed by atoms with Crippen molar-refractivity contribution >= 4 is 17.5 Å². The zero-order valence-corrected chi connectivity index (χ0v) is 9.01. The van der Waals surface area contributed by atoms with Crippen molar-refractivity contribution in [2.24, 2.45) is 5.92 Å². The summed E-state index contributed by atoms with van der Waals surface area (Å²) >= 11 is 0. The summed E-state index contributed by atoms with van der Waals surface area (Å²) < 4.78 is 0. The van der Waals surface area contributed by atoms with Gasteiger partial charge in [-0.05, 0) is 19.1 Å². The molecule has 0 bridgehead atoms. The highest BCUT2D eigenvalue weighted by Gasteiger charge is 2.31. The molecular weight excluding hydrogens is 222 g/mol. The molecule has 1 aromatic carbocycles. The molecule has 0 heterocycles. The average Bonchev–Trinajstić information content (AvgIpc) is 2.28. The summed E-state index contributed by atoms with van der Waals surface area (Å²) in [6.45, 7) is 1.05. The number of carboxylic acid groups (broad SMARTS) is 1. The number of nitrogens with zero attached hydrogens (tertiary/aromatic N) is 1. The number of carboxylic acids is 1. The van der Waals surface area contributed by atoms with Gasteiger partial charge in [0.15, 0.2) is 17.5 Å². The Labute approximate surface area is 97.3 Å². The van der Waals surface area contributed by atoms with Gasteiger partial charge in [-0.15, -0.1) is 0 Å². The molecule has 0 saturated heterocycles. The number of hydrogen-bond acceptors (Lipinski definition) is 4. The van der Waals surface area contributed by atoms with Gasteiger partial charge in [0.1, 0.15) is 0 Å². The van der Waals surface area contributed by atoms with Crippen LogP contribution in [0.4, 0.5) is 0 Å². The van der Waals surface area contributed by atoms with E-state index in [4.69, 9.17) is 10.4 Å². The smallest absolute Gasteiger partial charge is 0.322 e. The maximum atomic E-state index is 11.8. The number of carbonyl (C=O) groups excluding carboxylic acids is 2. The zero-order chi connectivity index (χ0) is 13.0. The van der Waals surface area contributed by atoms with Gasteiger partial charge in [-0.2, -0.15) is 5.26 Å². The Morgan fingerprint density at radius 3 is 2.47 bits per heavy atom. The summed E-state index contributed by atoms with van der Waals surface area (Å²) in [6, 6.07) is 7.43. The Hall–Kier alpha value is -2.48. The van der Waals surface area contributed by atoms with Crippen molar-refractivity contribution in [2.45, 2.75) is 6.92 Å². The van der Waals surface area contributed by atoms with Crippen LogP contribution in [0.25, 0.3) is 0 Å². The fourth-order valence-corrected chi connectivity index (χ4v) is 1.38. The molecule has 17 heavy (non-hydrogen) atoms. The quantitative estimate of drug-likeness (QED) is 0.616. The second-order valence-corrected chi connectivity index (χ2v) is 3.44. The minimum atomic E-state index is -1.70. The van der Waals surface area contributed by atoms with Gasteiger partial charge in [0, 0.05) is 5.56 Å². The van der Waals surface area contributed by atoms with Gasteiger partial charge in [0.05, 0.1) is 11.6 Å². The predicted molar refractivity (Wildman–Crippen MR) is 57.3 cm³/mol. The maximum Gasteiger partial charge on any atom is 0.322 e. The molecule has 1 rings (SSSR count). The van der Waals surface area contributed by atoms with Crippen LogP contribution in [-0.4, -0.2) is 22.6 Å². The normalized spacial score (nSPS) is 11.3. The van der Waals surface area contributed by atoms with Crippen molar-refractivity contribution in [2.75, 3.05) is 0 Å². The summed E-state index contributed by atoms with van der Waals surface area (Å²) in [7, 11) is 0. The van der Waals surface area contributed by atoms with Gasteiger partial charge < -0.3 is 5.11 Å². The van der Waals surface area contributed by atoms with Gasteiger partial charge >= 0.3 is 5.97 Å². The molecule has 0 aliphatic heterocycles. The van der Waals surface area contributed by atoms with Crippen LogP contribution in [-0.2, 0) is 9.59 Å². The van der Waals surface area contributed by atoms with Crippen molar-refractivity contribution in [1.29, 1.82) is 5.26 Å². The number of ketones is 2.